The van der Waals surface area contributed by atoms with Crippen molar-refractivity contribution >= 4 is 39.0 Å². The number of rotatable bonds is 7. The zero-order chi connectivity index (χ0) is 14.4. The third kappa shape index (κ3) is 5.20. The molecule has 2 rings (SSSR count). The molecule has 1 N–H and O–H groups in total. The topological polar surface area (TPSA) is 24.9 Å². The van der Waals surface area contributed by atoms with Gasteiger partial charge in [-0.1, -0.05) is 22.9 Å². The third-order valence-corrected chi connectivity index (χ3v) is 5.54. The molecule has 1 aromatic heterocycles. The van der Waals surface area contributed by atoms with Crippen LogP contribution >= 0.6 is 39.0 Å². The largest absolute Gasteiger partial charge is 0.313 e. The first-order valence-corrected chi connectivity index (χ1v) is 9.36. The minimum absolute atomic E-state index is 0.471. The van der Waals surface area contributed by atoms with Crippen LogP contribution in [0.5, 0.6) is 0 Å². The molecule has 0 fully saturated rings. The molecule has 0 amide bonds. The molecule has 0 spiro atoms. The molecule has 0 saturated heterocycles. The Balaban J connectivity index is 1.90. The van der Waals surface area contributed by atoms with Crippen molar-refractivity contribution in [1.82, 2.24) is 10.3 Å². The number of thioether (sulfide) groups is 1. The molecule has 5 heteroatoms. The molecule has 1 unspecified atom stereocenters. The summed E-state index contributed by atoms with van der Waals surface area (Å²) in [6, 6.07) is 8.97. The second-order valence-corrected chi connectivity index (χ2v) is 7.56. The number of halogens is 1. The van der Waals surface area contributed by atoms with E-state index >= 15 is 0 Å². The Labute approximate surface area is 137 Å². The van der Waals surface area contributed by atoms with E-state index in [0.29, 0.717) is 6.04 Å². The predicted molar refractivity (Wildman–Crippen MR) is 92.9 cm³/mol. The van der Waals surface area contributed by atoms with Gasteiger partial charge in [-0.3, -0.25) is 0 Å². The number of nitrogens with one attached hydrogen (secondary N) is 1. The van der Waals surface area contributed by atoms with Crippen LogP contribution in [0.4, 0.5) is 0 Å². The lowest BCUT2D eigenvalue weighted by Crippen LogP contribution is -2.33. The SMILES string of the molecule is CCNC(CSc1ccc(Br)cc1)Cc1nc(C)cs1. The lowest BCUT2D eigenvalue weighted by Gasteiger charge is -2.16. The Morgan fingerprint density at radius 2 is 2.10 bits per heavy atom. The van der Waals surface area contributed by atoms with E-state index in [1.54, 1.807) is 11.3 Å². The van der Waals surface area contributed by atoms with Gasteiger partial charge in [0, 0.05) is 38.7 Å². The minimum atomic E-state index is 0.471. The highest BCUT2D eigenvalue weighted by Crippen LogP contribution is 2.22. The maximum atomic E-state index is 4.56. The molecule has 0 bridgehead atoms. The van der Waals surface area contributed by atoms with Gasteiger partial charge in [-0.05, 0) is 37.7 Å². The van der Waals surface area contributed by atoms with E-state index in [1.165, 1.54) is 9.90 Å². The molecular weight excluding hydrogens is 352 g/mol. The molecule has 2 nitrogen and oxygen atoms in total. The molecule has 0 radical (unpaired) electrons. The molecule has 20 heavy (non-hydrogen) atoms. The summed E-state index contributed by atoms with van der Waals surface area (Å²) in [6.07, 6.45) is 1.01. The minimum Gasteiger partial charge on any atom is -0.313 e. The van der Waals surface area contributed by atoms with Crippen LogP contribution in [-0.4, -0.2) is 23.3 Å². The van der Waals surface area contributed by atoms with Crippen LogP contribution in [0.25, 0.3) is 0 Å². The summed E-state index contributed by atoms with van der Waals surface area (Å²) in [5.74, 6) is 1.06. The van der Waals surface area contributed by atoms with Gasteiger partial charge < -0.3 is 5.32 Å². The zero-order valence-electron chi connectivity index (χ0n) is 11.7. The molecule has 2 aromatic rings. The molecule has 0 aliphatic carbocycles. The van der Waals surface area contributed by atoms with Gasteiger partial charge >= 0.3 is 0 Å². The van der Waals surface area contributed by atoms with Crippen molar-refractivity contribution in [1.29, 1.82) is 0 Å². The quantitative estimate of drug-likeness (QED) is 0.724. The van der Waals surface area contributed by atoms with E-state index in [1.807, 2.05) is 11.8 Å². The Morgan fingerprint density at radius 1 is 1.35 bits per heavy atom. The molecule has 1 atom stereocenters. The van der Waals surface area contributed by atoms with Crippen molar-refractivity contribution in [2.75, 3.05) is 12.3 Å². The first kappa shape index (κ1) is 16.0. The number of aromatic nitrogens is 1. The molecular formula is C15H19BrN2S2. The van der Waals surface area contributed by atoms with Crippen LogP contribution < -0.4 is 5.32 Å². The second-order valence-electron chi connectivity index (χ2n) is 4.61. The van der Waals surface area contributed by atoms with E-state index in [9.17, 15) is 0 Å². The predicted octanol–water partition coefficient (Wildman–Crippen LogP) is 4.53. The molecule has 1 aromatic carbocycles. The summed E-state index contributed by atoms with van der Waals surface area (Å²) in [7, 11) is 0. The highest BCUT2D eigenvalue weighted by molar-refractivity contribution is 9.10. The fourth-order valence-corrected chi connectivity index (χ4v) is 3.99. The summed E-state index contributed by atoms with van der Waals surface area (Å²) in [5, 5.41) is 6.91. The van der Waals surface area contributed by atoms with E-state index in [-0.39, 0.29) is 0 Å². The number of benzene rings is 1. The second kappa shape index (κ2) is 8.17. The van der Waals surface area contributed by atoms with Crippen molar-refractivity contribution in [2.45, 2.75) is 31.2 Å². The maximum Gasteiger partial charge on any atom is 0.0943 e. The van der Waals surface area contributed by atoms with Gasteiger partial charge in [0.25, 0.3) is 0 Å². The summed E-state index contributed by atoms with van der Waals surface area (Å²) < 4.78 is 1.13. The molecule has 0 aliphatic rings. The Bertz CT molecular complexity index is 525. The number of hydrogen-bond acceptors (Lipinski definition) is 4. The molecule has 108 valence electrons. The lowest BCUT2D eigenvalue weighted by atomic mass is 10.2. The summed E-state index contributed by atoms with van der Waals surface area (Å²) in [6.45, 7) is 5.21. The Kier molecular flexibility index (Phi) is 6.55. The summed E-state index contributed by atoms with van der Waals surface area (Å²) in [5.41, 5.74) is 1.13. The number of nitrogens with zero attached hydrogens (tertiary/aromatic N) is 1. The molecule has 0 saturated carbocycles. The normalized spacial score (nSPS) is 12.6. The van der Waals surface area contributed by atoms with Gasteiger partial charge in [-0.15, -0.1) is 23.1 Å². The monoisotopic (exact) mass is 370 g/mol. The van der Waals surface area contributed by atoms with Gasteiger partial charge in [0.15, 0.2) is 0 Å². The number of likely N-dealkylation sites (N-methyl/N-ethyl adjacent to an activating group) is 1. The Hall–Kier alpha value is -0.360. The van der Waals surface area contributed by atoms with Gasteiger partial charge in [0.1, 0.15) is 0 Å². The van der Waals surface area contributed by atoms with E-state index in [2.05, 4.69) is 69.7 Å². The van der Waals surface area contributed by atoms with E-state index in [0.717, 1.165) is 28.9 Å². The standard InChI is InChI=1S/C15H19BrN2S2/c1-3-17-13(8-15-18-11(2)9-20-15)10-19-14-6-4-12(16)5-7-14/h4-7,9,13,17H,3,8,10H2,1-2H3. The molecule has 1 heterocycles. The van der Waals surface area contributed by atoms with Gasteiger partial charge in [-0.25, -0.2) is 4.98 Å². The van der Waals surface area contributed by atoms with Crippen LogP contribution in [0.3, 0.4) is 0 Å². The van der Waals surface area contributed by atoms with Crippen molar-refractivity contribution in [3.8, 4) is 0 Å². The van der Waals surface area contributed by atoms with Crippen molar-refractivity contribution < 1.29 is 0 Å². The highest BCUT2D eigenvalue weighted by atomic mass is 79.9. The van der Waals surface area contributed by atoms with E-state index in [4.69, 9.17) is 0 Å². The van der Waals surface area contributed by atoms with Gasteiger partial charge in [0.05, 0.1) is 5.01 Å². The van der Waals surface area contributed by atoms with Crippen LogP contribution in [-0.2, 0) is 6.42 Å². The molecule has 0 aliphatic heterocycles. The van der Waals surface area contributed by atoms with Crippen LogP contribution in [0, 0.1) is 6.92 Å². The van der Waals surface area contributed by atoms with Gasteiger partial charge in [-0.2, -0.15) is 0 Å². The zero-order valence-corrected chi connectivity index (χ0v) is 14.9. The van der Waals surface area contributed by atoms with E-state index < -0.39 is 0 Å². The smallest absolute Gasteiger partial charge is 0.0943 e. The van der Waals surface area contributed by atoms with Gasteiger partial charge in [0.2, 0.25) is 0 Å². The van der Waals surface area contributed by atoms with Crippen molar-refractivity contribution in [3.63, 3.8) is 0 Å². The fraction of sp³-hybridized carbons (Fsp3) is 0.400. The van der Waals surface area contributed by atoms with Crippen LogP contribution in [0.2, 0.25) is 0 Å². The average molecular weight is 371 g/mol. The lowest BCUT2D eigenvalue weighted by molar-refractivity contribution is 0.571. The average Bonchev–Trinajstić information content (AvgIpc) is 2.83. The summed E-state index contributed by atoms with van der Waals surface area (Å²) in [4.78, 5) is 5.87. The van der Waals surface area contributed by atoms with Crippen LogP contribution in [0.15, 0.2) is 39.0 Å². The number of hydrogen-bond donors (Lipinski definition) is 1. The highest BCUT2D eigenvalue weighted by Gasteiger charge is 2.11. The Morgan fingerprint density at radius 3 is 2.70 bits per heavy atom. The number of thiazole rings is 1. The maximum absolute atomic E-state index is 4.56. The summed E-state index contributed by atoms with van der Waals surface area (Å²) >= 11 is 7.13. The van der Waals surface area contributed by atoms with Crippen molar-refractivity contribution in [3.05, 3.63) is 44.8 Å². The van der Waals surface area contributed by atoms with Crippen LogP contribution in [0.1, 0.15) is 17.6 Å². The first-order chi connectivity index (χ1) is 9.67. The first-order valence-electron chi connectivity index (χ1n) is 6.70. The van der Waals surface area contributed by atoms with Crippen molar-refractivity contribution in [2.24, 2.45) is 0 Å². The fourth-order valence-electron chi connectivity index (χ4n) is 1.91. The number of aryl methyl sites for hydroxylation is 1. The third-order valence-electron chi connectivity index (χ3n) is 2.85.